The number of carbonyl (C=O) groups is 1. The zero-order valence-electron chi connectivity index (χ0n) is 21.9. The lowest BCUT2D eigenvalue weighted by Gasteiger charge is -2.61. The van der Waals surface area contributed by atoms with Crippen LogP contribution in [0.15, 0.2) is 18.2 Å². The van der Waals surface area contributed by atoms with Crippen LogP contribution in [0.25, 0.3) is 0 Å². The number of nitrogens with one attached hydrogen (secondary N) is 1. The van der Waals surface area contributed by atoms with E-state index >= 15 is 0 Å². The molecule has 4 aliphatic rings. The first-order chi connectivity index (χ1) is 17.6. The van der Waals surface area contributed by atoms with Crippen LogP contribution in [0, 0.1) is 34.5 Å². The van der Waals surface area contributed by atoms with Gasteiger partial charge in [-0.3, -0.25) is 4.79 Å². The van der Waals surface area contributed by atoms with Gasteiger partial charge in [0.15, 0.2) is 0 Å². The molecular weight excluding hydrogens is 508 g/mol. The number of Topliss-reactive ketones (excluding diaryl/α,β-unsaturated/α-hetero) is 1. The lowest BCUT2D eigenvalue weighted by molar-refractivity contribution is -0.153. The maximum absolute atomic E-state index is 13.2. The molecule has 2 N–H and O–H groups in total. The number of halogens is 6. The van der Waals surface area contributed by atoms with Gasteiger partial charge in [0.05, 0.1) is 16.7 Å². The summed E-state index contributed by atoms with van der Waals surface area (Å²) < 4.78 is 79.1. The molecule has 7 atom stereocenters. The number of ketones is 1. The Morgan fingerprint density at radius 2 is 1.55 bits per heavy atom. The number of aliphatic hydroxyl groups is 1. The van der Waals surface area contributed by atoms with Gasteiger partial charge in [-0.1, -0.05) is 13.8 Å². The highest BCUT2D eigenvalue weighted by molar-refractivity contribution is 5.87. The second-order valence-corrected chi connectivity index (χ2v) is 13.0. The van der Waals surface area contributed by atoms with Crippen molar-refractivity contribution in [3.63, 3.8) is 0 Å². The van der Waals surface area contributed by atoms with E-state index in [1.807, 2.05) is 0 Å². The van der Waals surface area contributed by atoms with Crippen molar-refractivity contribution in [3.8, 4) is 0 Å². The summed E-state index contributed by atoms with van der Waals surface area (Å²) in [6.45, 7) is 4.41. The highest BCUT2D eigenvalue weighted by Crippen LogP contribution is 2.66. The van der Waals surface area contributed by atoms with Crippen molar-refractivity contribution in [2.24, 2.45) is 34.5 Å². The normalized spacial score (nSPS) is 39.4. The van der Waals surface area contributed by atoms with E-state index in [1.165, 1.54) is 0 Å². The molecule has 0 spiro atoms. The summed E-state index contributed by atoms with van der Waals surface area (Å²) in [5.74, 6) is 2.22. The number of alkyl halides is 6. The lowest BCUT2D eigenvalue weighted by atomic mass is 9.44. The minimum atomic E-state index is -4.89. The molecule has 9 heteroatoms. The van der Waals surface area contributed by atoms with Gasteiger partial charge in [-0.25, -0.2) is 0 Å². The van der Waals surface area contributed by atoms with Crippen LogP contribution < -0.4 is 5.32 Å². The SMILES string of the molecule is C[C@]12CC[C@](O)(CNCc3cc(C(F)(F)F)cc(C(F)(F)F)c3)C[C@@H]1CC[C@@H]1[C@@H]2CC[C@]2(C)C(=O)CC[C@@H]12. The van der Waals surface area contributed by atoms with Crippen molar-refractivity contribution in [2.75, 3.05) is 6.54 Å². The fraction of sp³-hybridized carbons (Fsp3) is 0.759. The van der Waals surface area contributed by atoms with Crippen molar-refractivity contribution in [1.82, 2.24) is 5.32 Å². The van der Waals surface area contributed by atoms with Crippen molar-refractivity contribution in [3.05, 3.63) is 34.9 Å². The molecule has 0 saturated heterocycles. The maximum atomic E-state index is 13.2. The predicted molar refractivity (Wildman–Crippen MR) is 130 cm³/mol. The first-order valence-corrected chi connectivity index (χ1v) is 13.8. The molecule has 1 aromatic carbocycles. The van der Waals surface area contributed by atoms with Gasteiger partial charge < -0.3 is 10.4 Å². The standard InChI is InChI=1S/C29H37F6NO2/c1-25-9-10-27(38,16-36-15-17-11-19(28(30,31)32)13-20(12-17)29(33,34)35)14-18(25)3-4-21-22-5-6-24(37)26(22,2)8-7-23(21)25/h11-13,18,21-23,36,38H,3-10,14-16H2,1-2H3/t18-,21-,22-,23-,25-,26-,27+/m0/s1. The van der Waals surface area contributed by atoms with Crippen LogP contribution in [0.1, 0.15) is 88.3 Å². The minimum Gasteiger partial charge on any atom is -0.389 e. The molecule has 3 nitrogen and oxygen atoms in total. The zero-order chi connectivity index (χ0) is 27.7. The van der Waals surface area contributed by atoms with E-state index in [0.717, 1.165) is 50.7 Å². The van der Waals surface area contributed by atoms with Gasteiger partial charge in [0.1, 0.15) is 5.78 Å². The van der Waals surface area contributed by atoms with Crippen molar-refractivity contribution in [2.45, 2.75) is 96.1 Å². The Hall–Kier alpha value is -1.61. The monoisotopic (exact) mass is 545 g/mol. The molecule has 0 heterocycles. The average molecular weight is 546 g/mol. The molecule has 4 saturated carbocycles. The summed E-state index contributed by atoms with van der Waals surface area (Å²) in [4.78, 5) is 12.6. The summed E-state index contributed by atoms with van der Waals surface area (Å²) in [5.41, 5.74) is -3.95. The quantitative estimate of drug-likeness (QED) is 0.395. The molecule has 0 unspecified atom stereocenters. The molecule has 0 radical (unpaired) electrons. The lowest BCUT2D eigenvalue weighted by Crippen LogP contribution is -2.57. The fourth-order valence-electron chi connectivity index (χ4n) is 8.81. The average Bonchev–Trinajstić information content (AvgIpc) is 3.13. The Kier molecular flexibility index (Phi) is 6.78. The van der Waals surface area contributed by atoms with Crippen LogP contribution in [-0.4, -0.2) is 23.0 Å². The Bertz CT molecular complexity index is 1050. The van der Waals surface area contributed by atoms with E-state index in [9.17, 15) is 36.2 Å². The summed E-state index contributed by atoms with van der Waals surface area (Å²) in [6.07, 6.45) is -2.18. The highest BCUT2D eigenvalue weighted by Gasteiger charge is 2.61. The van der Waals surface area contributed by atoms with Crippen molar-refractivity contribution < 1.29 is 36.2 Å². The van der Waals surface area contributed by atoms with Crippen LogP contribution in [-0.2, 0) is 23.7 Å². The minimum absolute atomic E-state index is 0.0742. The molecule has 0 amide bonds. The number of hydrogen-bond acceptors (Lipinski definition) is 3. The van der Waals surface area contributed by atoms with E-state index in [0.29, 0.717) is 48.7 Å². The fourth-order valence-corrected chi connectivity index (χ4v) is 8.81. The molecular formula is C29H37F6NO2. The molecule has 4 fully saturated rings. The first kappa shape index (κ1) is 27.9. The third-order valence-electron chi connectivity index (χ3n) is 11.0. The molecule has 5 rings (SSSR count). The summed E-state index contributed by atoms with van der Waals surface area (Å²) >= 11 is 0. The molecule has 0 aliphatic heterocycles. The van der Waals surface area contributed by atoms with Gasteiger partial charge in [-0.05, 0) is 104 Å². The number of fused-ring (bicyclic) bond motifs is 5. The number of benzene rings is 1. The zero-order valence-corrected chi connectivity index (χ0v) is 21.9. The van der Waals surface area contributed by atoms with Crippen LogP contribution >= 0.6 is 0 Å². The topological polar surface area (TPSA) is 49.3 Å². The van der Waals surface area contributed by atoms with Crippen molar-refractivity contribution in [1.29, 1.82) is 0 Å². The summed E-state index contributed by atoms with van der Waals surface area (Å²) in [6, 6.07) is 1.59. The number of hydrogen-bond donors (Lipinski definition) is 2. The third-order valence-corrected chi connectivity index (χ3v) is 11.0. The van der Waals surface area contributed by atoms with Gasteiger partial charge in [0.2, 0.25) is 0 Å². The Morgan fingerprint density at radius 1 is 0.895 bits per heavy atom. The third kappa shape index (κ3) is 4.80. The second-order valence-electron chi connectivity index (χ2n) is 13.0. The van der Waals surface area contributed by atoms with E-state index in [-0.39, 0.29) is 35.5 Å². The molecule has 4 aliphatic carbocycles. The molecule has 1 aromatic rings. The highest BCUT2D eigenvalue weighted by atomic mass is 19.4. The predicted octanol–water partition coefficient (Wildman–Crippen LogP) is 7.16. The van der Waals surface area contributed by atoms with Crippen LogP contribution in [0.2, 0.25) is 0 Å². The number of rotatable bonds is 4. The largest absolute Gasteiger partial charge is 0.416 e. The molecule has 0 bridgehead atoms. The maximum Gasteiger partial charge on any atom is 0.416 e. The van der Waals surface area contributed by atoms with Crippen LogP contribution in [0.3, 0.4) is 0 Å². The van der Waals surface area contributed by atoms with Gasteiger partial charge in [-0.15, -0.1) is 0 Å². The summed E-state index contributed by atoms with van der Waals surface area (Å²) in [5, 5.41) is 14.4. The van der Waals surface area contributed by atoms with E-state index < -0.39 is 29.1 Å². The molecule has 38 heavy (non-hydrogen) atoms. The van der Waals surface area contributed by atoms with Crippen molar-refractivity contribution >= 4 is 5.78 Å². The van der Waals surface area contributed by atoms with Gasteiger partial charge in [-0.2, -0.15) is 26.3 Å². The van der Waals surface area contributed by atoms with Gasteiger partial charge in [0, 0.05) is 24.9 Å². The Labute approximate surface area is 219 Å². The second kappa shape index (κ2) is 9.22. The molecule has 0 aromatic heterocycles. The van der Waals surface area contributed by atoms with Gasteiger partial charge >= 0.3 is 12.4 Å². The Morgan fingerprint density at radius 3 is 2.18 bits per heavy atom. The number of carbonyl (C=O) groups excluding carboxylic acids is 1. The van der Waals surface area contributed by atoms with E-state index in [1.54, 1.807) is 0 Å². The van der Waals surface area contributed by atoms with Crippen LogP contribution in [0.4, 0.5) is 26.3 Å². The smallest absolute Gasteiger partial charge is 0.389 e. The summed E-state index contributed by atoms with van der Waals surface area (Å²) in [7, 11) is 0. The van der Waals surface area contributed by atoms with Crippen LogP contribution in [0.5, 0.6) is 0 Å². The molecule has 212 valence electrons. The van der Waals surface area contributed by atoms with Gasteiger partial charge in [0.25, 0.3) is 0 Å². The Balaban J connectivity index is 1.24. The van der Waals surface area contributed by atoms with E-state index in [4.69, 9.17) is 0 Å². The first-order valence-electron chi connectivity index (χ1n) is 13.8. The van der Waals surface area contributed by atoms with E-state index in [2.05, 4.69) is 19.2 Å².